The number of aliphatic hydroxyl groups is 1. The van der Waals surface area contributed by atoms with Gasteiger partial charge in [-0.05, 0) is 107 Å². The number of aromatic nitrogens is 3. The summed E-state index contributed by atoms with van der Waals surface area (Å²) < 4.78 is 59.0. The number of Topliss-reactive ketones (excluding diaryl/α,β-unsaturated/α-hetero) is 4. The molecule has 0 bridgehead atoms. The fourth-order valence-electron chi connectivity index (χ4n) is 8.86. The van der Waals surface area contributed by atoms with Crippen LogP contribution in [0.2, 0.25) is 36.3 Å². The van der Waals surface area contributed by atoms with Crippen molar-refractivity contribution in [1.29, 1.82) is 0 Å². The summed E-state index contributed by atoms with van der Waals surface area (Å²) in [5.41, 5.74) is 6.13. The van der Waals surface area contributed by atoms with Crippen molar-refractivity contribution in [2.75, 3.05) is 66.4 Å². The number of morpholine rings is 1. The SMILES string of the molecule is CC(=O)CO[Si](C)(C)C(C)(C)C.CC(C)(C)[Si](C)(C)OCC(=O)N1CCOCC1.COC=C(C(=O)COC(=O)OCc1ccccc1)c1ncccc1OCc1ccccc1.O=C(CO)Cc1ncccc1OCc1ccccc1.O=C(COC(=O)OCc1ccccc1)Cc1ncccc1OCc1ccccc1. The van der Waals surface area contributed by atoms with Gasteiger partial charge < -0.3 is 61.5 Å². The topological polar surface area (TPSA) is 283 Å². The maximum atomic E-state index is 12.8. The molecule has 8 aromatic rings. The predicted molar refractivity (Wildman–Crippen MR) is 419 cm³/mol. The second kappa shape index (κ2) is 47.3. The largest absolute Gasteiger partial charge is 0.509 e. The smallest absolute Gasteiger partial charge is 0.504 e. The molecule has 1 fully saturated rings. The van der Waals surface area contributed by atoms with Crippen molar-refractivity contribution in [3.05, 3.63) is 258 Å². The van der Waals surface area contributed by atoms with Gasteiger partial charge in [0.15, 0.2) is 47.2 Å². The van der Waals surface area contributed by atoms with E-state index < -0.39 is 47.9 Å². The van der Waals surface area contributed by atoms with E-state index in [-0.39, 0.29) is 90.5 Å². The van der Waals surface area contributed by atoms with Crippen LogP contribution in [-0.4, -0.2) is 149 Å². The summed E-state index contributed by atoms with van der Waals surface area (Å²) in [6.45, 7) is 26.2. The zero-order chi connectivity index (χ0) is 79.5. The lowest BCUT2D eigenvalue weighted by atomic mass is 10.1. The van der Waals surface area contributed by atoms with Gasteiger partial charge >= 0.3 is 12.3 Å². The van der Waals surface area contributed by atoms with Gasteiger partial charge in [0.1, 0.15) is 69.2 Å². The minimum atomic E-state index is -1.81. The fraction of sp³-hybridized carbons (Fsp3) is 0.357. The Kier molecular flexibility index (Phi) is 38.7. The fourth-order valence-corrected chi connectivity index (χ4v) is 10.8. The first kappa shape index (κ1) is 89.1. The summed E-state index contributed by atoms with van der Waals surface area (Å²) in [5, 5.41) is 9.12. The lowest BCUT2D eigenvalue weighted by Gasteiger charge is -2.36. The second-order valence-corrected chi connectivity index (χ2v) is 37.4. The molecule has 1 aliphatic heterocycles. The molecule has 0 aliphatic carbocycles. The third-order valence-electron chi connectivity index (χ3n) is 17.1. The van der Waals surface area contributed by atoms with Gasteiger partial charge in [0.2, 0.25) is 11.7 Å². The number of nitrogens with zero attached hydrogens (tertiary/aromatic N) is 4. The summed E-state index contributed by atoms with van der Waals surface area (Å²) in [7, 11) is -2.09. The molecule has 23 nitrogen and oxygen atoms in total. The first-order valence-electron chi connectivity index (χ1n) is 35.6. The van der Waals surface area contributed by atoms with Crippen molar-refractivity contribution in [2.24, 2.45) is 0 Å². The Morgan fingerprint density at radius 1 is 0.459 bits per heavy atom. The number of benzene rings is 5. The number of ketones is 4. The number of aliphatic hydroxyl groups excluding tert-OH is 1. The number of hydrogen-bond acceptors (Lipinski definition) is 22. The number of methoxy groups -OCH3 is 1. The molecule has 1 N–H and O–H groups in total. The number of ether oxygens (including phenoxy) is 9. The van der Waals surface area contributed by atoms with E-state index >= 15 is 0 Å². The van der Waals surface area contributed by atoms with Crippen molar-refractivity contribution < 1.29 is 90.2 Å². The van der Waals surface area contributed by atoms with Crippen LogP contribution in [0.25, 0.3) is 5.57 Å². The monoisotopic (exact) mass is 1530 g/mol. The molecule has 0 radical (unpaired) electrons. The lowest BCUT2D eigenvalue weighted by molar-refractivity contribution is -0.137. The highest BCUT2D eigenvalue weighted by molar-refractivity contribution is 6.74. The molecule has 1 amide bonds. The molecule has 0 unspecified atom stereocenters. The van der Waals surface area contributed by atoms with Gasteiger partial charge in [0, 0.05) is 31.7 Å². The van der Waals surface area contributed by atoms with Gasteiger partial charge in [-0.25, -0.2) is 9.59 Å². The molecule has 0 atom stereocenters. The Morgan fingerprint density at radius 2 is 0.826 bits per heavy atom. The van der Waals surface area contributed by atoms with Gasteiger partial charge in [0.05, 0.1) is 63.0 Å². The van der Waals surface area contributed by atoms with Gasteiger partial charge in [0.25, 0.3) is 0 Å². The third-order valence-corrected chi connectivity index (χ3v) is 26.1. The van der Waals surface area contributed by atoms with E-state index in [1.54, 1.807) is 55.7 Å². The number of hydrogen-bond donors (Lipinski definition) is 1. The first-order chi connectivity index (χ1) is 52.1. The zero-order valence-corrected chi connectivity index (χ0v) is 66.6. The molecule has 1 saturated heterocycles. The summed E-state index contributed by atoms with van der Waals surface area (Å²) in [6.07, 6.45) is 4.24. The molecule has 25 heteroatoms. The van der Waals surface area contributed by atoms with Gasteiger partial charge in [-0.1, -0.05) is 193 Å². The van der Waals surface area contributed by atoms with E-state index in [4.69, 9.17) is 56.6 Å². The maximum absolute atomic E-state index is 12.8. The number of rotatable bonds is 31. The average Bonchev–Trinajstić information content (AvgIpc) is 0.855. The van der Waals surface area contributed by atoms with E-state index in [0.29, 0.717) is 74.8 Å². The number of pyridine rings is 3. The van der Waals surface area contributed by atoms with Crippen LogP contribution < -0.4 is 14.2 Å². The van der Waals surface area contributed by atoms with E-state index in [2.05, 4.69) is 82.7 Å². The Hall–Kier alpha value is -10.5. The zero-order valence-electron chi connectivity index (χ0n) is 64.6. The van der Waals surface area contributed by atoms with Gasteiger partial charge in [-0.15, -0.1) is 0 Å². The van der Waals surface area contributed by atoms with Crippen molar-refractivity contribution >= 4 is 63.6 Å². The molecule has 0 spiro atoms. The predicted octanol–water partition coefficient (Wildman–Crippen LogP) is 14.9. The molecule has 1 aliphatic rings. The Balaban J connectivity index is 0.000000254. The normalized spacial score (nSPS) is 12.0. The van der Waals surface area contributed by atoms with Crippen molar-refractivity contribution in [3.63, 3.8) is 0 Å². The molecular weight excluding hydrogens is 1430 g/mol. The highest BCUT2D eigenvalue weighted by Gasteiger charge is 2.39. The van der Waals surface area contributed by atoms with Gasteiger partial charge in [-0.3, -0.25) is 38.9 Å². The Morgan fingerprint density at radius 3 is 1.22 bits per heavy atom. The molecule has 9 rings (SSSR count). The van der Waals surface area contributed by atoms with Crippen molar-refractivity contribution in [2.45, 2.75) is 131 Å². The van der Waals surface area contributed by atoms with Crippen LogP contribution in [0, 0.1) is 0 Å². The van der Waals surface area contributed by atoms with Crippen LogP contribution in [0.5, 0.6) is 17.2 Å². The Bertz CT molecular complexity index is 4080. The third kappa shape index (κ3) is 34.5. The van der Waals surface area contributed by atoms with Crippen LogP contribution >= 0.6 is 0 Å². The molecule has 0 saturated carbocycles. The highest BCUT2D eigenvalue weighted by atomic mass is 28.4. The van der Waals surface area contributed by atoms with Crippen LogP contribution in [0.15, 0.2) is 213 Å². The molecule has 582 valence electrons. The molecule has 5 aromatic carbocycles. The van der Waals surface area contributed by atoms with Crippen LogP contribution in [0.4, 0.5) is 9.59 Å². The molecule has 3 aromatic heterocycles. The molecule has 4 heterocycles. The Labute approximate surface area is 642 Å². The quantitative estimate of drug-likeness (QED) is 0.0183. The molecular formula is C84H104N4O19Si2. The second-order valence-electron chi connectivity index (χ2n) is 27.8. The van der Waals surface area contributed by atoms with Crippen LogP contribution in [-0.2, 0) is 107 Å². The highest BCUT2D eigenvalue weighted by Crippen LogP contribution is 2.37. The lowest BCUT2D eigenvalue weighted by Crippen LogP contribution is -2.47. The standard InChI is InChI=1S/C25H23NO6.C23H21NO5.C15H15NO3.C12H25NO3Si.C9H20O2Si/c1-29-17-21(22(27)18-32-25(28)31-16-20-11-6-3-7-12-20)24-23(13-8-14-26-24)30-15-19-9-4-2-5-10-19;25-20(17-29-23(26)28-16-19-10-5-2-6-11-19)14-21-22(12-7-13-24-21)27-15-18-8-3-1-4-9-18;17-10-13(18)9-14-15(7-4-8-16-14)19-11-12-5-2-1-3-6-12;1-12(2,3)17(4,5)16-10-11(14)13-6-8-15-9-7-13;1-8(10)7-11-12(5,6)9(2,3)4/h2-14,17H,15-16,18H2,1H3;1-13H,14-17H2;1-8,17H,9-11H2;6-10H2,1-5H3;7H2,1-6H3. The average molecular weight is 1530 g/mol. The van der Waals surface area contributed by atoms with E-state index in [1.165, 1.54) is 19.6 Å². The van der Waals surface area contributed by atoms with Gasteiger partial charge in [-0.2, -0.15) is 0 Å². The number of amides is 1. The number of carbonyl (C=O) groups excluding carboxylic acids is 7. The summed E-state index contributed by atoms with van der Waals surface area (Å²) in [6, 6.07) is 57.9. The van der Waals surface area contributed by atoms with E-state index in [1.807, 2.05) is 157 Å². The minimum absolute atomic E-state index is 0.00305. The molecule has 109 heavy (non-hydrogen) atoms. The van der Waals surface area contributed by atoms with Crippen molar-refractivity contribution in [1.82, 2.24) is 19.9 Å². The van der Waals surface area contributed by atoms with E-state index in [9.17, 15) is 33.6 Å². The van der Waals surface area contributed by atoms with Crippen molar-refractivity contribution in [3.8, 4) is 17.2 Å². The summed E-state index contributed by atoms with van der Waals surface area (Å²) in [5.74, 6) is 0.627. The number of carbonyl (C=O) groups is 7. The van der Waals surface area contributed by atoms with Crippen LogP contribution in [0.3, 0.4) is 0 Å². The van der Waals surface area contributed by atoms with E-state index in [0.717, 1.165) is 27.8 Å². The minimum Gasteiger partial charge on any atom is -0.504 e. The summed E-state index contributed by atoms with van der Waals surface area (Å²) in [4.78, 5) is 96.8. The van der Waals surface area contributed by atoms with Crippen LogP contribution in [0.1, 0.15) is 93.4 Å². The summed E-state index contributed by atoms with van der Waals surface area (Å²) >= 11 is 0. The maximum Gasteiger partial charge on any atom is 0.509 e. The first-order valence-corrected chi connectivity index (χ1v) is 41.4.